The molecule has 0 atom stereocenters. The Balaban J connectivity index is 2.41. The van der Waals surface area contributed by atoms with Crippen molar-refractivity contribution in [3.63, 3.8) is 0 Å². The van der Waals surface area contributed by atoms with Crippen LogP contribution in [0.4, 0.5) is 0 Å². The minimum atomic E-state index is 0.762. The average molecular weight is 249 g/mol. The smallest absolute Gasteiger partial charge is 0.163 e. The molecule has 0 fully saturated rings. The Morgan fingerprint density at radius 3 is 3.08 bits per heavy atom. The van der Waals surface area contributed by atoms with Crippen LogP contribution in [0.5, 0.6) is 0 Å². The van der Waals surface area contributed by atoms with E-state index in [0.717, 1.165) is 22.6 Å². The van der Waals surface area contributed by atoms with Crippen molar-refractivity contribution >= 4 is 33.4 Å². The van der Waals surface area contributed by atoms with Crippen molar-refractivity contribution in [3.8, 4) is 0 Å². The van der Waals surface area contributed by atoms with Crippen LogP contribution in [0.25, 0.3) is 0 Å². The van der Waals surface area contributed by atoms with E-state index in [2.05, 4.69) is 20.9 Å². The van der Waals surface area contributed by atoms with E-state index in [9.17, 15) is 0 Å². The maximum absolute atomic E-state index is 5.89. The summed E-state index contributed by atoms with van der Waals surface area (Å²) in [4.78, 5) is 4.34. The van der Waals surface area contributed by atoms with Crippen LogP contribution in [0.3, 0.4) is 0 Å². The van der Waals surface area contributed by atoms with Crippen molar-refractivity contribution < 1.29 is 0 Å². The van der Waals surface area contributed by atoms with Crippen LogP contribution in [0.2, 0.25) is 0 Å². The SMILES string of the molecule is CC1=NC2=C(Br)C=CN(Cl)N2C1. The monoisotopic (exact) mass is 247 g/mol. The number of fused-ring (bicyclic) bond motifs is 1. The lowest BCUT2D eigenvalue weighted by Gasteiger charge is -2.28. The molecule has 0 amide bonds. The van der Waals surface area contributed by atoms with E-state index in [1.165, 1.54) is 4.53 Å². The van der Waals surface area contributed by atoms with Gasteiger partial charge in [0.05, 0.1) is 11.0 Å². The fourth-order valence-corrected chi connectivity index (χ4v) is 1.78. The number of nitrogens with zero attached hydrogens (tertiary/aromatic N) is 3. The molecule has 0 aliphatic carbocycles. The molecule has 3 nitrogen and oxygen atoms in total. The Kier molecular flexibility index (Phi) is 1.88. The third-order valence-electron chi connectivity index (χ3n) is 1.71. The fourth-order valence-electron chi connectivity index (χ4n) is 1.18. The van der Waals surface area contributed by atoms with Gasteiger partial charge in [-0.25, -0.2) is 10.0 Å². The van der Waals surface area contributed by atoms with Gasteiger partial charge >= 0.3 is 0 Å². The Morgan fingerprint density at radius 2 is 2.42 bits per heavy atom. The summed E-state index contributed by atoms with van der Waals surface area (Å²) in [6.45, 7) is 2.74. The normalized spacial score (nSPS) is 21.8. The van der Waals surface area contributed by atoms with Gasteiger partial charge in [-0.15, -0.1) is 0 Å². The molecule has 12 heavy (non-hydrogen) atoms. The standard InChI is InChI=1S/C7H7BrClN3/c1-5-4-11-7(10-5)6(8)2-3-12(11)9/h2-3H,4H2,1H3. The lowest BCUT2D eigenvalue weighted by atomic mass is 10.4. The molecule has 2 heterocycles. The first-order chi connectivity index (χ1) is 5.68. The molecule has 64 valence electrons. The van der Waals surface area contributed by atoms with E-state index in [1.807, 2.05) is 18.0 Å². The molecule has 0 radical (unpaired) electrons. The molecule has 0 unspecified atom stereocenters. The van der Waals surface area contributed by atoms with Gasteiger partial charge in [0.15, 0.2) is 5.82 Å². The zero-order chi connectivity index (χ0) is 8.72. The van der Waals surface area contributed by atoms with Crippen LogP contribution >= 0.6 is 27.7 Å². The highest BCUT2D eigenvalue weighted by molar-refractivity contribution is 9.11. The summed E-state index contributed by atoms with van der Waals surface area (Å²) in [7, 11) is 0. The second-order valence-corrected chi connectivity index (χ2v) is 3.88. The second kappa shape index (κ2) is 2.78. The summed E-state index contributed by atoms with van der Waals surface area (Å²) in [5.74, 6) is 0.880. The van der Waals surface area contributed by atoms with Crippen molar-refractivity contribution in [2.24, 2.45) is 4.99 Å². The maximum atomic E-state index is 5.89. The van der Waals surface area contributed by atoms with E-state index < -0.39 is 0 Å². The molecule has 0 N–H and O–H groups in total. The summed E-state index contributed by atoms with van der Waals surface area (Å²) >= 11 is 9.30. The van der Waals surface area contributed by atoms with Crippen molar-refractivity contribution in [3.05, 3.63) is 22.6 Å². The summed E-state index contributed by atoms with van der Waals surface area (Å²) in [6, 6.07) is 0. The lowest BCUT2D eigenvalue weighted by molar-refractivity contribution is 0.188. The Bertz CT molecular complexity index is 308. The third kappa shape index (κ3) is 1.15. The van der Waals surface area contributed by atoms with Gasteiger partial charge in [-0.1, -0.05) is 0 Å². The number of allylic oxidation sites excluding steroid dienone is 2. The second-order valence-electron chi connectivity index (χ2n) is 2.68. The topological polar surface area (TPSA) is 18.8 Å². The van der Waals surface area contributed by atoms with Crippen LogP contribution in [0.15, 0.2) is 27.6 Å². The van der Waals surface area contributed by atoms with E-state index in [-0.39, 0.29) is 0 Å². The fraction of sp³-hybridized carbons (Fsp3) is 0.286. The molecule has 2 aliphatic heterocycles. The first kappa shape index (κ1) is 8.13. The predicted molar refractivity (Wildman–Crippen MR) is 52.6 cm³/mol. The van der Waals surface area contributed by atoms with E-state index in [4.69, 9.17) is 11.8 Å². The van der Waals surface area contributed by atoms with Crippen LogP contribution in [0.1, 0.15) is 6.92 Å². The lowest BCUT2D eigenvalue weighted by Crippen LogP contribution is -2.32. The van der Waals surface area contributed by atoms with Crippen molar-refractivity contribution in [2.45, 2.75) is 6.92 Å². The Morgan fingerprint density at radius 1 is 1.67 bits per heavy atom. The zero-order valence-electron chi connectivity index (χ0n) is 6.46. The molecular formula is C7H7BrClN3. The van der Waals surface area contributed by atoms with Crippen LogP contribution in [0, 0.1) is 0 Å². The van der Waals surface area contributed by atoms with Crippen LogP contribution in [-0.2, 0) is 0 Å². The predicted octanol–water partition coefficient (Wildman–Crippen LogP) is 2.23. The number of rotatable bonds is 0. The molecule has 0 aromatic heterocycles. The number of halogens is 2. The number of hydrogen-bond donors (Lipinski definition) is 0. The van der Waals surface area contributed by atoms with Gasteiger partial charge in [0.25, 0.3) is 0 Å². The van der Waals surface area contributed by atoms with Gasteiger partial charge < -0.3 is 0 Å². The van der Waals surface area contributed by atoms with Crippen molar-refractivity contribution in [2.75, 3.05) is 6.54 Å². The summed E-state index contributed by atoms with van der Waals surface area (Å²) in [5, 5.41) is 1.89. The number of hydrogen-bond acceptors (Lipinski definition) is 3. The third-order valence-corrected chi connectivity index (χ3v) is 2.62. The first-order valence-corrected chi connectivity index (χ1v) is 4.66. The van der Waals surface area contributed by atoms with Gasteiger partial charge in [-0.3, -0.25) is 0 Å². The molecule has 0 aromatic rings. The molecule has 0 aromatic carbocycles. The summed E-state index contributed by atoms with van der Waals surface area (Å²) < 4.78 is 2.48. The summed E-state index contributed by atoms with van der Waals surface area (Å²) in [5.41, 5.74) is 1.07. The van der Waals surface area contributed by atoms with Gasteiger partial charge in [-0.05, 0) is 28.9 Å². The van der Waals surface area contributed by atoms with Crippen LogP contribution in [-0.4, -0.2) is 21.8 Å². The molecule has 5 heteroatoms. The highest BCUT2D eigenvalue weighted by Gasteiger charge is 2.25. The van der Waals surface area contributed by atoms with E-state index >= 15 is 0 Å². The highest BCUT2D eigenvalue weighted by atomic mass is 79.9. The van der Waals surface area contributed by atoms with Crippen LogP contribution < -0.4 is 0 Å². The quantitative estimate of drug-likeness (QED) is 0.612. The first-order valence-electron chi connectivity index (χ1n) is 3.53. The van der Waals surface area contributed by atoms with Crippen molar-refractivity contribution in [1.82, 2.24) is 9.54 Å². The molecule has 2 aliphatic rings. The van der Waals surface area contributed by atoms with Gasteiger partial charge in [0.1, 0.15) is 0 Å². The maximum Gasteiger partial charge on any atom is 0.163 e. The number of hydrazine groups is 1. The molecular weight excluding hydrogens is 241 g/mol. The minimum absolute atomic E-state index is 0.762. The highest BCUT2D eigenvalue weighted by Crippen LogP contribution is 2.29. The minimum Gasteiger partial charge on any atom is -0.247 e. The Labute approximate surface area is 84.2 Å². The molecule has 0 saturated carbocycles. The number of aliphatic imine (C=N–C) groups is 1. The molecule has 2 rings (SSSR count). The summed E-state index contributed by atoms with van der Waals surface area (Å²) in [6.07, 6.45) is 3.66. The largest absolute Gasteiger partial charge is 0.247 e. The molecule has 0 spiro atoms. The average Bonchev–Trinajstić information content (AvgIpc) is 2.41. The molecule has 0 bridgehead atoms. The zero-order valence-corrected chi connectivity index (χ0v) is 8.80. The Hall–Kier alpha value is -0.480. The molecule has 0 saturated heterocycles. The van der Waals surface area contributed by atoms with E-state index in [0.29, 0.717) is 0 Å². The van der Waals surface area contributed by atoms with E-state index in [1.54, 1.807) is 6.20 Å². The van der Waals surface area contributed by atoms with Gasteiger partial charge in [-0.2, -0.15) is 4.53 Å². The van der Waals surface area contributed by atoms with Gasteiger partial charge in [0, 0.05) is 23.7 Å². The van der Waals surface area contributed by atoms with Crippen molar-refractivity contribution in [1.29, 1.82) is 0 Å². The van der Waals surface area contributed by atoms with Gasteiger partial charge in [0.2, 0.25) is 0 Å².